The molecule has 1 fully saturated rings. The van der Waals surface area contributed by atoms with E-state index < -0.39 is 0 Å². The maximum atomic E-state index is 8.71. The van der Waals surface area contributed by atoms with Crippen molar-refractivity contribution in [3.8, 4) is 6.07 Å². The molecule has 0 radical (unpaired) electrons. The van der Waals surface area contributed by atoms with Gasteiger partial charge in [0.15, 0.2) is 0 Å². The highest BCUT2D eigenvalue weighted by atomic mass is 32.1. The van der Waals surface area contributed by atoms with Crippen molar-refractivity contribution in [2.24, 2.45) is 0 Å². The molecule has 1 aliphatic heterocycles. The van der Waals surface area contributed by atoms with E-state index in [4.69, 9.17) is 10.2 Å². The molecule has 0 bridgehead atoms. The summed E-state index contributed by atoms with van der Waals surface area (Å²) in [7, 11) is 0. The molecule has 0 aliphatic carbocycles. The Morgan fingerprint density at radius 1 is 1.44 bits per heavy atom. The lowest BCUT2D eigenvalue weighted by Gasteiger charge is -2.21. The molecule has 2 heterocycles. The third-order valence-electron chi connectivity index (χ3n) is 3.47. The number of aromatic nitrogens is 1. The van der Waals surface area contributed by atoms with Crippen LogP contribution >= 0.6 is 11.3 Å². The first-order chi connectivity index (χ1) is 8.88. The molecule has 92 valence electrons. The summed E-state index contributed by atoms with van der Waals surface area (Å²) in [5, 5.41) is 9.92. The maximum Gasteiger partial charge on any atom is 0.111 e. The summed E-state index contributed by atoms with van der Waals surface area (Å²) in [4.78, 5) is 7.15. The Morgan fingerprint density at radius 3 is 3.17 bits per heavy atom. The highest BCUT2D eigenvalue weighted by Gasteiger charge is 2.27. The van der Waals surface area contributed by atoms with E-state index in [0.717, 1.165) is 18.6 Å². The standard InChI is InChI=1S/C14H15N3S/c15-8-4-10-17-9-3-6-12(17)14-16-11-5-1-2-7-13(11)18-14/h1-2,5,7,12H,3-4,6,9-10H2. The van der Waals surface area contributed by atoms with Gasteiger partial charge in [0.25, 0.3) is 0 Å². The number of nitriles is 1. The fourth-order valence-electron chi connectivity index (χ4n) is 2.60. The summed E-state index contributed by atoms with van der Waals surface area (Å²) in [5.74, 6) is 0. The Hall–Kier alpha value is -1.44. The van der Waals surface area contributed by atoms with Crippen LogP contribution in [0.15, 0.2) is 24.3 Å². The molecule has 18 heavy (non-hydrogen) atoms. The van der Waals surface area contributed by atoms with Gasteiger partial charge in [0, 0.05) is 13.0 Å². The van der Waals surface area contributed by atoms with Crippen LogP contribution in [-0.2, 0) is 0 Å². The van der Waals surface area contributed by atoms with Gasteiger partial charge in [-0.25, -0.2) is 4.98 Å². The Balaban J connectivity index is 1.86. The summed E-state index contributed by atoms with van der Waals surface area (Å²) < 4.78 is 1.26. The third kappa shape index (κ3) is 2.12. The highest BCUT2D eigenvalue weighted by molar-refractivity contribution is 7.18. The number of nitrogens with zero attached hydrogens (tertiary/aromatic N) is 3. The minimum Gasteiger partial charge on any atom is -0.293 e. The van der Waals surface area contributed by atoms with Crippen LogP contribution in [-0.4, -0.2) is 23.0 Å². The molecule has 1 atom stereocenters. The molecule has 0 saturated carbocycles. The average Bonchev–Trinajstić information content (AvgIpc) is 3.01. The summed E-state index contributed by atoms with van der Waals surface area (Å²) in [6, 6.07) is 11.0. The number of likely N-dealkylation sites (tertiary alicyclic amines) is 1. The predicted molar refractivity (Wildman–Crippen MR) is 73.4 cm³/mol. The van der Waals surface area contributed by atoms with Gasteiger partial charge in [-0.1, -0.05) is 12.1 Å². The van der Waals surface area contributed by atoms with E-state index in [0.29, 0.717) is 12.5 Å². The van der Waals surface area contributed by atoms with Crippen LogP contribution in [0, 0.1) is 11.3 Å². The van der Waals surface area contributed by atoms with Gasteiger partial charge in [-0.3, -0.25) is 4.90 Å². The van der Waals surface area contributed by atoms with Crippen molar-refractivity contribution in [1.29, 1.82) is 5.26 Å². The van der Waals surface area contributed by atoms with Gasteiger partial charge in [0.1, 0.15) is 5.01 Å². The molecule has 1 aromatic heterocycles. The summed E-state index contributed by atoms with van der Waals surface area (Å²) in [5.41, 5.74) is 1.10. The summed E-state index contributed by atoms with van der Waals surface area (Å²) >= 11 is 1.80. The fourth-order valence-corrected chi connectivity index (χ4v) is 3.74. The van der Waals surface area contributed by atoms with E-state index in [-0.39, 0.29) is 0 Å². The Morgan fingerprint density at radius 2 is 2.33 bits per heavy atom. The lowest BCUT2D eigenvalue weighted by molar-refractivity contribution is 0.263. The van der Waals surface area contributed by atoms with Crippen LogP contribution < -0.4 is 0 Å². The van der Waals surface area contributed by atoms with E-state index in [1.54, 1.807) is 11.3 Å². The van der Waals surface area contributed by atoms with Gasteiger partial charge >= 0.3 is 0 Å². The van der Waals surface area contributed by atoms with Crippen molar-refractivity contribution in [2.45, 2.75) is 25.3 Å². The van der Waals surface area contributed by atoms with Crippen molar-refractivity contribution >= 4 is 21.6 Å². The number of hydrogen-bond donors (Lipinski definition) is 0. The SMILES string of the molecule is N#CCCN1CCCC1c1nc2ccccc2s1. The van der Waals surface area contributed by atoms with Gasteiger partial charge in [-0.15, -0.1) is 11.3 Å². The van der Waals surface area contributed by atoms with Gasteiger partial charge in [-0.2, -0.15) is 5.26 Å². The van der Waals surface area contributed by atoms with E-state index in [2.05, 4.69) is 29.2 Å². The predicted octanol–water partition coefficient (Wildman–Crippen LogP) is 3.35. The monoisotopic (exact) mass is 257 g/mol. The van der Waals surface area contributed by atoms with E-state index in [9.17, 15) is 0 Å². The van der Waals surface area contributed by atoms with Crippen LogP contribution in [0.2, 0.25) is 0 Å². The molecule has 3 rings (SSSR count). The van der Waals surface area contributed by atoms with Crippen LogP contribution in [0.4, 0.5) is 0 Å². The zero-order valence-electron chi connectivity index (χ0n) is 10.2. The number of thiazole rings is 1. The second-order valence-corrected chi connectivity index (χ2v) is 5.68. The normalized spacial score (nSPS) is 20.3. The van der Waals surface area contributed by atoms with Crippen LogP contribution in [0.1, 0.15) is 30.3 Å². The lowest BCUT2D eigenvalue weighted by atomic mass is 10.2. The maximum absolute atomic E-state index is 8.71. The second kappa shape index (κ2) is 5.05. The van der Waals surface area contributed by atoms with Gasteiger partial charge < -0.3 is 0 Å². The van der Waals surface area contributed by atoms with Gasteiger partial charge in [0.2, 0.25) is 0 Å². The van der Waals surface area contributed by atoms with Crippen molar-refractivity contribution in [1.82, 2.24) is 9.88 Å². The van der Waals surface area contributed by atoms with Crippen LogP contribution in [0.3, 0.4) is 0 Å². The van der Waals surface area contributed by atoms with E-state index >= 15 is 0 Å². The summed E-state index contributed by atoms with van der Waals surface area (Å²) in [6.07, 6.45) is 3.00. The number of fused-ring (bicyclic) bond motifs is 1. The molecule has 2 aromatic rings. The van der Waals surface area contributed by atoms with Crippen molar-refractivity contribution in [2.75, 3.05) is 13.1 Å². The molecule has 4 heteroatoms. The summed E-state index contributed by atoms with van der Waals surface area (Å²) in [6.45, 7) is 1.97. The molecule has 1 saturated heterocycles. The minimum absolute atomic E-state index is 0.427. The van der Waals surface area contributed by atoms with Crippen molar-refractivity contribution < 1.29 is 0 Å². The Kier molecular flexibility index (Phi) is 3.26. The van der Waals surface area contributed by atoms with Gasteiger partial charge in [0.05, 0.1) is 22.3 Å². The lowest BCUT2D eigenvalue weighted by Crippen LogP contribution is -2.24. The molecule has 1 aromatic carbocycles. The number of benzene rings is 1. The fraction of sp³-hybridized carbons (Fsp3) is 0.429. The molecular weight excluding hydrogens is 242 g/mol. The first-order valence-corrected chi connectivity index (χ1v) is 7.16. The number of hydrogen-bond acceptors (Lipinski definition) is 4. The minimum atomic E-state index is 0.427. The molecule has 0 amide bonds. The molecule has 1 unspecified atom stereocenters. The Labute approximate surface area is 111 Å². The molecule has 1 aliphatic rings. The van der Waals surface area contributed by atoms with E-state index in [1.165, 1.54) is 22.5 Å². The highest BCUT2D eigenvalue weighted by Crippen LogP contribution is 2.36. The Bertz CT molecular complexity index is 551. The molecule has 3 nitrogen and oxygen atoms in total. The third-order valence-corrected chi connectivity index (χ3v) is 4.61. The van der Waals surface area contributed by atoms with E-state index in [1.807, 2.05) is 6.07 Å². The molecular formula is C14H15N3S. The van der Waals surface area contributed by atoms with Crippen LogP contribution in [0.25, 0.3) is 10.2 Å². The van der Waals surface area contributed by atoms with Crippen molar-refractivity contribution in [3.63, 3.8) is 0 Å². The molecule has 0 spiro atoms. The van der Waals surface area contributed by atoms with Crippen LogP contribution in [0.5, 0.6) is 0 Å². The molecule has 0 N–H and O–H groups in total. The first kappa shape index (κ1) is 11.6. The zero-order valence-corrected chi connectivity index (χ0v) is 11.0. The average molecular weight is 257 g/mol. The zero-order chi connectivity index (χ0) is 12.4. The number of para-hydroxylation sites is 1. The topological polar surface area (TPSA) is 39.9 Å². The largest absolute Gasteiger partial charge is 0.293 e. The second-order valence-electron chi connectivity index (χ2n) is 4.62. The van der Waals surface area contributed by atoms with Crippen molar-refractivity contribution in [3.05, 3.63) is 29.3 Å². The number of rotatable bonds is 3. The smallest absolute Gasteiger partial charge is 0.111 e. The van der Waals surface area contributed by atoms with Gasteiger partial charge in [-0.05, 0) is 31.5 Å². The first-order valence-electron chi connectivity index (χ1n) is 6.35. The quantitative estimate of drug-likeness (QED) is 0.846.